The van der Waals surface area contributed by atoms with E-state index in [1.165, 1.54) is 0 Å². The first-order valence-electron chi connectivity index (χ1n) is 9.24. The van der Waals surface area contributed by atoms with Gasteiger partial charge in [0.2, 0.25) is 5.91 Å². The van der Waals surface area contributed by atoms with Gasteiger partial charge >= 0.3 is 0 Å². The zero-order valence-corrected chi connectivity index (χ0v) is 15.2. The molecule has 0 bridgehead atoms. The van der Waals surface area contributed by atoms with Crippen LogP contribution in [0.1, 0.15) is 43.0 Å². The zero-order chi connectivity index (χ0) is 17.8. The van der Waals surface area contributed by atoms with Crippen LogP contribution in [0.4, 0.5) is 0 Å². The molecule has 2 fully saturated rings. The summed E-state index contributed by atoms with van der Waals surface area (Å²) >= 11 is 0. The SMILES string of the molecule is CCn1cc(C(=O)N2CC[C@@H]3[C@@H](CCCC(=O)N3CCOC)C2)cn1. The van der Waals surface area contributed by atoms with Gasteiger partial charge in [-0.25, -0.2) is 0 Å². The molecule has 2 amide bonds. The van der Waals surface area contributed by atoms with E-state index in [1.807, 2.05) is 22.9 Å². The number of carbonyl (C=O) groups is 2. The van der Waals surface area contributed by atoms with E-state index in [1.54, 1.807) is 18.0 Å². The minimum Gasteiger partial charge on any atom is -0.383 e. The molecule has 2 aliphatic heterocycles. The zero-order valence-electron chi connectivity index (χ0n) is 15.2. The third kappa shape index (κ3) is 3.86. The molecule has 2 aliphatic rings. The first-order chi connectivity index (χ1) is 12.1. The topological polar surface area (TPSA) is 67.7 Å². The lowest BCUT2D eigenvalue weighted by Gasteiger charge is -2.42. The number of rotatable bonds is 5. The first-order valence-corrected chi connectivity index (χ1v) is 9.24. The maximum Gasteiger partial charge on any atom is 0.257 e. The van der Waals surface area contributed by atoms with E-state index in [0.29, 0.717) is 37.6 Å². The number of hydrogen-bond donors (Lipinski definition) is 0. The molecule has 2 saturated heterocycles. The summed E-state index contributed by atoms with van der Waals surface area (Å²) in [6.45, 7) is 5.38. The number of nitrogens with zero attached hydrogens (tertiary/aromatic N) is 4. The summed E-state index contributed by atoms with van der Waals surface area (Å²) in [5, 5.41) is 4.21. The van der Waals surface area contributed by atoms with Crippen molar-refractivity contribution in [1.82, 2.24) is 19.6 Å². The predicted octanol–water partition coefficient (Wildman–Crippen LogP) is 1.39. The number of aryl methyl sites for hydroxylation is 1. The van der Waals surface area contributed by atoms with E-state index < -0.39 is 0 Å². The molecule has 3 heterocycles. The lowest BCUT2D eigenvalue weighted by atomic mass is 9.88. The van der Waals surface area contributed by atoms with Gasteiger partial charge in [-0.2, -0.15) is 5.10 Å². The van der Waals surface area contributed by atoms with Gasteiger partial charge in [0.25, 0.3) is 5.91 Å². The highest BCUT2D eigenvalue weighted by Gasteiger charge is 2.38. The number of aromatic nitrogens is 2. The van der Waals surface area contributed by atoms with Gasteiger partial charge in [-0.15, -0.1) is 0 Å². The van der Waals surface area contributed by atoms with Gasteiger partial charge in [0.15, 0.2) is 0 Å². The molecular formula is C18H28N4O3. The van der Waals surface area contributed by atoms with Crippen molar-refractivity contribution in [2.45, 2.75) is 45.2 Å². The average Bonchev–Trinajstić information content (AvgIpc) is 3.05. The van der Waals surface area contributed by atoms with Crippen LogP contribution in [0.25, 0.3) is 0 Å². The molecule has 0 radical (unpaired) electrons. The summed E-state index contributed by atoms with van der Waals surface area (Å²) < 4.78 is 6.95. The minimum atomic E-state index is 0.0529. The summed E-state index contributed by atoms with van der Waals surface area (Å²) in [5.74, 6) is 0.632. The Morgan fingerprint density at radius 3 is 2.96 bits per heavy atom. The van der Waals surface area contributed by atoms with Crippen molar-refractivity contribution in [2.75, 3.05) is 33.4 Å². The van der Waals surface area contributed by atoms with Crippen LogP contribution in [0, 0.1) is 5.92 Å². The Morgan fingerprint density at radius 1 is 1.40 bits per heavy atom. The van der Waals surface area contributed by atoms with Gasteiger partial charge in [0.1, 0.15) is 0 Å². The van der Waals surface area contributed by atoms with E-state index in [4.69, 9.17) is 4.74 Å². The molecule has 0 N–H and O–H groups in total. The molecule has 25 heavy (non-hydrogen) atoms. The molecule has 0 aromatic carbocycles. The van der Waals surface area contributed by atoms with Crippen molar-refractivity contribution >= 4 is 11.8 Å². The van der Waals surface area contributed by atoms with Crippen molar-refractivity contribution in [2.24, 2.45) is 5.92 Å². The molecule has 3 rings (SSSR count). The fourth-order valence-electron chi connectivity index (χ4n) is 4.05. The third-order valence-electron chi connectivity index (χ3n) is 5.41. The fourth-order valence-corrected chi connectivity index (χ4v) is 4.05. The average molecular weight is 348 g/mol. The summed E-state index contributed by atoms with van der Waals surface area (Å²) in [6.07, 6.45) is 6.81. The van der Waals surface area contributed by atoms with Crippen LogP contribution in [-0.4, -0.2) is 70.8 Å². The molecule has 2 atom stereocenters. The fraction of sp³-hybridized carbons (Fsp3) is 0.722. The number of piperidine rings is 1. The quantitative estimate of drug-likeness (QED) is 0.806. The van der Waals surface area contributed by atoms with Crippen molar-refractivity contribution < 1.29 is 14.3 Å². The molecule has 0 aliphatic carbocycles. The summed E-state index contributed by atoms with van der Waals surface area (Å²) in [4.78, 5) is 29.1. The van der Waals surface area contributed by atoms with E-state index in [9.17, 15) is 9.59 Å². The smallest absolute Gasteiger partial charge is 0.257 e. The Balaban J connectivity index is 1.69. The molecule has 7 nitrogen and oxygen atoms in total. The number of ether oxygens (including phenoxy) is 1. The van der Waals surface area contributed by atoms with Crippen molar-refractivity contribution in [3.8, 4) is 0 Å². The lowest BCUT2D eigenvalue weighted by Crippen LogP contribution is -2.53. The number of carbonyl (C=O) groups excluding carboxylic acids is 2. The Hall–Kier alpha value is -1.89. The summed E-state index contributed by atoms with van der Waals surface area (Å²) in [5.41, 5.74) is 0.654. The van der Waals surface area contributed by atoms with Gasteiger partial charge in [-0.1, -0.05) is 0 Å². The number of methoxy groups -OCH3 is 1. The minimum absolute atomic E-state index is 0.0529. The predicted molar refractivity (Wildman–Crippen MR) is 93.1 cm³/mol. The highest BCUT2D eigenvalue weighted by atomic mass is 16.5. The normalized spacial score (nSPS) is 24.2. The number of fused-ring (bicyclic) bond motifs is 1. The Morgan fingerprint density at radius 2 is 2.24 bits per heavy atom. The second kappa shape index (κ2) is 7.99. The second-order valence-corrected chi connectivity index (χ2v) is 6.92. The van der Waals surface area contributed by atoms with E-state index in [2.05, 4.69) is 5.10 Å². The largest absolute Gasteiger partial charge is 0.383 e. The maximum absolute atomic E-state index is 12.8. The number of hydrogen-bond acceptors (Lipinski definition) is 4. The molecule has 7 heteroatoms. The van der Waals surface area contributed by atoms with Crippen LogP contribution >= 0.6 is 0 Å². The summed E-state index contributed by atoms with van der Waals surface area (Å²) in [6, 6.07) is 0.229. The van der Waals surface area contributed by atoms with Crippen LogP contribution < -0.4 is 0 Å². The third-order valence-corrected chi connectivity index (χ3v) is 5.41. The Bertz CT molecular complexity index is 615. The molecule has 1 aromatic heterocycles. The molecule has 0 unspecified atom stereocenters. The highest BCUT2D eigenvalue weighted by Crippen LogP contribution is 2.31. The van der Waals surface area contributed by atoms with Crippen LogP contribution in [-0.2, 0) is 16.1 Å². The lowest BCUT2D eigenvalue weighted by molar-refractivity contribution is -0.135. The van der Waals surface area contributed by atoms with Gasteiger partial charge in [-0.05, 0) is 32.1 Å². The first kappa shape index (κ1) is 17.9. The van der Waals surface area contributed by atoms with Crippen molar-refractivity contribution in [1.29, 1.82) is 0 Å². The van der Waals surface area contributed by atoms with Crippen LogP contribution in [0.5, 0.6) is 0 Å². The Labute approximate surface area is 148 Å². The van der Waals surface area contributed by atoms with Crippen LogP contribution in [0.15, 0.2) is 12.4 Å². The standard InChI is InChI=1S/C18H28N4O3/c1-3-21-13-15(11-19-21)18(24)20-8-7-16-14(12-20)5-4-6-17(23)22(16)9-10-25-2/h11,13-14,16H,3-10,12H2,1-2H3/t14-,16+/m0/s1. The highest BCUT2D eigenvalue weighted by molar-refractivity contribution is 5.93. The Kier molecular flexibility index (Phi) is 5.73. The number of likely N-dealkylation sites (tertiary alicyclic amines) is 2. The van der Waals surface area contributed by atoms with Crippen LogP contribution in [0.3, 0.4) is 0 Å². The molecule has 0 spiro atoms. The van der Waals surface area contributed by atoms with Crippen molar-refractivity contribution in [3.63, 3.8) is 0 Å². The van der Waals surface area contributed by atoms with E-state index >= 15 is 0 Å². The second-order valence-electron chi connectivity index (χ2n) is 6.92. The van der Waals surface area contributed by atoms with Gasteiger partial charge in [0.05, 0.1) is 18.4 Å². The molecule has 138 valence electrons. The van der Waals surface area contributed by atoms with Crippen molar-refractivity contribution in [3.05, 3.63) is 18.0 Å². The van der Waals surface area contributed by atoms with Crippen LogP contribution in [0.2, 0.25) is 0 Å². The molecule has 0 saturated carbocycles. The monoisotopic (exact) mass is 348 g/mol. The van der Waals surface area contributed by atoms with E-state index in [0.717, 1.165) is 32.4 Å². The van der Waals surface area contributed by atoms with Gasteiger partial charge in [0, 0.05) is 51.9 Å². The maximum atomic E-state index is 12.8. The van der Waals surface area contributed by atoms with Gasteiger partial charge < -0.3 is 14.5 Å². The van der Waals surface area contributed by atoms with E-state index in [-0.39, 0.29) is 17.9 Å². The molecular weight excluding hydrogens is 320 g/mol. The molecule has 1 aromatic rings. The summed E-state index contributed by atoms with van der Waals surface area (Å²) in [7, 11) is 1.66. The number of amides is 2. The van der Waals surface area contributed by atoms with Gasteiger partial charge in [-0.3, -0.25) is 14.3 Å².